The van der Waals surface area contributed by atoms with Gasteiger partial charge in [0, 0.05) is 6.42 Å². The highest BCUT2D eigenvalue weighted by atomic mass is 31.3. The van der Waals surface area contributed by atoms with E-state index in [1.54, 1.807) is 6.92 Å². The first kappa shape index (κ1) is 25.8. The Morgan fingerprint density at radius 3 is 1.84 bits per heavy atom. The summed E-state index contributed by atoms with van der Waals surface area (Å²) in [5.74, 6) is 0. The van der Waals surface area contributed by atoms with E-state index in [1.165, 1.54) is 22.8 Å². The van der Waals surface area contributed by atoms with Gasteiger partial charge < -0.3 is 29.4 Å². The van der Waals surface area contributed by atoms with E-state index in [4.69, 9.17) is 0 Å². The molecule has 0 N–H and O–H groups in total. The van der Waals surface area contributed by atoms with Crippen molar-refractivity contribution in [2.45, 2.75) is 44.9 Å². The summed E-state index contributed by atoms with van der Waals surface area (Å²) in [5.41, 5.74) is 5.41. The molecule has 6 nitrogen and oxygen atoms in total. The summed E-state index contributed by atoms with van der Waals surface area (Å²) in [5, 5.41) is -2.42. The Balaban J connectivity index is 1.87. The molecule has 0 saturated carbocycles. The number of hydrogen-bond donors (Lipinski definition) is 0. The lowest BCUT2D eigenvalue weighted by Crippen LogP contribution is -2.50. The van der Waals surface area contributed by atoms with Crippen LogP contribution in [0.25, 0.3) is 11.1 Å². The van der Waals surface area contributed by atoms with Crippen molar-refractivity contribution in [1.82, 2.24) is 0 Å². The maximum atomic E-state index is 11.0. The Labute approximate surface area is 185 Å². The molecule has 168 valence electrons. The molecule has 0 saturated heterocycles. The van der Waals surface area contributed by atoms with Crippen LogP contribution >= 0.6 is 15.9 Å². The van der Waals surface area contributed by atoms with Crippen LogP contribution in [-0.2, 0) is 6.42 Å². The topological polar surface area (TPSA) is 138 Å². The van der Waals surface area contributed by atoms with E-state index >= 15 is 0 Å². The zero-order valence-electron chi connectivity index (χ0n) is 17.6. The number of hydrogen-bond acceptors (Lipinski definition) is 6. The molecule has 0 spiro atoms. The lowest BCUT2D eigenvalue weighted by atomic mass is 10.00. The molecule has 2 rings (SSSR count). The molecule has 0 aliphatic carbocycles. The SMILES string of the molecule is C/C(=C\CC([P+]([O-])([O-])[O-])[P+]([O-])([O-])[O-])CC/C=C(\C)Cc1ccc(-c2ccccc2)cc1. The summed E-state index contributed by atoms with van der Waals surface area (Å²) in [4.78, 5) is 66.2. The minimum absolute atomic E-state index is 0.570. The monoisotopic (exact) mass is 460 g/mol. The number of allylic oxidation sites excluding steroid dienone is 4. The Bertz CT molecular complexity index is 867. The molecule has 0 unspecified atom stereocenters. The molecular weight excluding hydrogens is 434 g/mol. The van der Waals surface area contributed by atoms with Gasteiger partial charge in [0.05, 0.1) is 0 Å². The third-order valence-electron chi connectivity index (χ3n) is 4.98. The van der Waals surface area contributed by atoms with Crippen LogP contribution in [-0.4, -0.2) is 5.40 Å². The summed E-state index contributed by atoms with van der Waals surface area (Å²) >= 11 is 0. The van der Waals surface area contributed by atoms with E-state index in [2.05, 4.69) is 42.5 Å². The Hall–Kier alpha value is -1.46. The molecule has 0 bridgehead atoms. The average molecular weight is 460 g/mol. The van der Waals surface area contributed by atoms with E-state index in [0.717, 1.165) is 17.6 Å². The van der Waals surface area contributed by atoms with Gasteiger partial charge in [0.15, 0.2) is 0 Å². The molecule has 2 aromatic rings. The third-order valence-corrected chi connectivity index (χ3v) is 8.56. The predicted octanol–water partition coefficient (Wildman–Crippen LogP) is 0.972. The normalized spacial score (nSPS) is 13.7. The summed E-state index contributed by atoms with van der Waals surface area (Å²) in [7, 11) is -11.0. The van der Waals surface area contributed by atoms with Crippen LogP contribution in [0.1, 0.15) is 38.7 Å². The fourth-order valence-corrected chi connectivity index (χ4v) is 5.34. The second-order valence-corrected chi connectivity index (χ2v) is 11.5. The first-order valence-electron chi connectivity index (χ1n) is 9.96. The zero-order chi connectivity index (χ0) is 23.1. The fraction of sp³-hybridized carbons (Fsp3) is 0.304. The van der Waals surface area contributed by atoms with Crippen molar-refractivity contribution in [3.8, 4) is 11.1 Å². The van der Waals surface area contributed by atoms with Crippen LogP contribution in [0, 0.1) is 0 Å². The molecule has 8 heteroatoms. The minimum Gasteiger partial charge on any atom is -0.685 e. The van der Waals surface area contributed by atoms with E-state index in [0.29, 0.717) is 12.8 Å². The van der Waals surface area contributed by atoms with Gasteiger partial charge in [0.1, 0.15) is 5.40 Å². The van der Waals surface area contributed by atoms with Gasteiger partial charge in [-0.1, -0.05) is 77.9 Å². The quantitative estimate of drug-likeness (QED) is 0.383. The molecule has 0 fully saturated rings. The molecule has 0 aliphatic heterocycles. The minimum atomic E-state index is -5.50. The molecule has 0 atom stereocenters. The fourth-order valence-electron chi connectivity index (χ4n) is 3.23. The molecule has 2 aromatic carbocycles. The van der Waals surface area contributed by atoms with Gasteiger partial charge in [-0.2, -0.15) is 0 Å². The first-order valence-corrected chi connectivity index (χ1v) is 13.2. The van der Waals surface area contributed by atoms with E-state index in [1.807, 2.05) is 25.1 Å². The molecule has 0 aromatic heterocycles. The van der Waals surface area contributed by atoms with Gasteiger partial charge >= 0.3 is 0 Å². The summed E-state index contributed by atoms with van der Waals surface area (Å²) < 4.78 is 0. The summed E-state index contributed by atoms with van der Waals surface area (Å²) in [6.07, 6.45) is 4.86. The molecule has 31 heavy (non-hydrogen) atoms. The van der Waals surface area contributed by atoms with Crippen LogP contribution in [0.2, 0.25) is 0 Å². The molecule has 0 heterocycles. The van der Waals surface area contributed by atoms with Crippen molar-refractivity contribution in [2.75, 3.05) is 0 Å². The molecular formula is C23H26O6P2-4. The van der Waals surface area contributed by atoms with Gasteiger partial charge in [-0.25, -0.2) is 0 Å². The van der Waals surface area contributed by atoms with Gasteiger partial charge in [0.2, 0.25) is 0 Å². The van der Waals surface area contributed by atoms with Crippen LogP contribution in [0.15, 0.2) is 77.9 Å². The van der Waals surface area contributed by atoms with Crippen LogP contribution in [0.5, 0.6) is 0 Å². The Morgan fingerprint density at radius 1 is 0.742 bits per heavy atom. The largest absolute Gasteiger partial charge is 0.685 e. The van der Waals surface area contributed by atoms with Crippen molar-refractivity contribution in [1.29, 1.82) is 0 Å². The maximum absolute atomic E-state index is 11.0. The van der Waals surface area contributed by atoms with Crippen LogP contribution in [0.3, 0.4) is 0 Å². The highest BCUT2D eigenvalue weighted by Gasteiger charge is 2.24. The smallest absolute Gasteiger partial charge is 0.138 e. The second kappa shape index (κ2) is 11.4. The average Bonchev–Trinajstić information content (AvgIpc) is 2.67. The molecule has 0 amide bonds. The Morgan fingerprint density at radius 2 is 1.29 bits per heavy atom. The van der Waals surface area contributed by atoms with E-state index in [-0.39, 0.29) is 0 Å². The van der Waals surface area contributed by atoms with Crippen LogP contribution in [0.4, 0.5) is 0 Å². The van der Waals surface area contributed by atoms with Crippen molar-refractivity contribution >= 4 is 15.9 Å². The lowest BCUT2D eigenvalue weighted by Gasteiger charge is -2.58. The van der Waals surface area contributed by atoms with Crippen molar-refractivity contribution in [2.24, 2.45) is 0 Å². The lowest BCUT2D eigenvalue weighted by molar-refractivity contribution is -0.446. The van der Waals surface area contributed by atoms with E-state index in [9.17, 15) is 29.4 Å². The summed E-state index contributed by atoms with van der Waals surface area (Å²) in [6.45, 7) is 3.74. The maximum Gasteiger partial charge on any atom is 0.138 e. The van der Waals surface area contributed by atoms with Crippen LogP contribution < -0.4 is 29.4 Å². The van der Waals surface area contributed by atoms with Crippen molar-refractivity contribution < 1.29 is 29.4 Å². The van der Waals surface area contributed by atoms with Gasteiger partial charge in [-0.15, -0.1) is 15.9 Å². The highest BCUT2D eigenvalue weighted by molar-refractivity contribution is 7.73. The molecule has 0 aliphatic rings. The Kier molecular flexibility index (Phi) is 9.50. The van der Waals surface area contributed by atoms with E-state index < -0.39 is 27.7 Å². The predicted molar refractivity (Wildman–Crippen MR) is 115 cm³/mol. The standard InChI is InChI=1S/C23H30O6P2/c1-18(11-16-23(30(24,25)26)31(27,28)29)7-6-8-19(2)17-20-12-14-22(15-13-20)21-9-4-3-5-10-21/h3-5,8-15,23H,6-7,16-17H2,1-2H3,(H2,24,25,26)(H2,27,28,29)/p-4/b18-11+,19-8+. The zero-order valence-corrected chi connectivity index (χ0v) is 19.4. The summed E-state index contributed by atoms with van der Waals surface area (Å²) in [6, 6.07) is 18.5. The first-order chi connectivity index (χ1) is 14.5. The van der Waals surface area contributed by atoms with Crippen molar-refractivity contribution in [3.63, 3.8) is 0 Å². The highest BCUT2D eigenvalue weighted by Crippen LogP contribution is 2.56. The second-order valence-electron chi connectivity index (χ2n) is 7.68. The van der Waals surface area contributed by atoms with Gasteiger partial charge in [0.25, 0.3) is 0 Å². The number of rotatable bonds is 10. The van der Waals surface area contributed by atoms with Gasteiger partial charge in [-0.3, -0.25) is 0 Å². The number of benzene rings is 2. The third kappa shape index (κ3) is 8.89. The molecule has 0 radical (unpaired) electrons. The van der Waals surface area contributed by atoms with Crippen molar-refractivity contribution in [3.05, 3.63) is 83.5 Å². The van der Waals surface area contributed by atoms with Gasteiger partial charge in [-0.05, 0) is 49.8 Å².